The van der Waals surface area contributed by atoms with Crippen LogP contribution in [-0.4, -0.2) is 43.6 Å². The van der Waals surface area contributed by atoms with Gasteiger partial charge in [0.1, 0.15) is 24.1 Å². The van der Waals surface area contributed by atoms with Crippen molar-refractivity contribution in [2.45, 2.75) is 49.4 Å². The maximum Gasteiger partial charge on any atom is 0.184 e. The minimum absolute atomic E-state index is 0.334. The van der Waals surface area contributed by atoms with Gasteiger partial charge >= 0.3 is 0 Å². The van der Waals surface area contributed by atoms with Crippen LogP contribution in [0.3, 0.4) is 0 Å². The predicted octanol–water partition coefficient (Wildman–Crippen LogP) is 4.55. The van der Waals surface area contributed by atoms with E-state index in [-0.39, 0.29) is 6.10 Å². The first-order valence-electron chi connectivity index (χ1n) is 11.7. The lowest BCUT2D eigenvalue weighted by Crippen LogP contribution is -2.62. The monoisotopic (exact) mass is 493 g/mol. The van der Waals surface area contributed by atoms with Gasteiger partial charge in [0.25, 0.3) is 0 Å². The Morgan fingerprint density at radius 2 is 1.40 bits per heavy atom. The maximum atomic E-state index is 6.46. The van der Waals surface area contributed by atoms with Gasteiger partial charge in [-0.2, -0.15) is 0 Å². The summed E-state index contributed by atoms with van der Waals surface area (Å²) in [5, 5.41) is 0. The molecule has 184 valence electrons. The SMILES string of the molecule is COc1ccc(CO[C@@H]2[C@@H](OCc3ccccc3)[C@@H]3OC(c4ccccc4)OC[C@H]3O[C@@H]2[S-])cc1. The Morgan fingerprint density at radius 1 is 0.771 bits per heavy atom. The van der Waals surface area contributed by atoms with Crippen LogP contribution >= 0.6 is 0 Å². The van der Waals surface area contributed by atoms with Crippen LogP contribution in [0.2, 0.25) is 0 Å². The average molecular weight is 494 g/mol. The third-order valence-electron chi connectivity index (χ3n) is 6.24. The molecule has 2 fully saturated rings. The lowest BCUT2D eigenvalue weighted by Gasteiger charge is -2.52. The van der Waals surface area contributed by atoms with Gasteiger partial charge in [-0.05, 0) is 28.7 Å². The van der Waals surface area contributed by atoms with Crippen LogP contribution in [0, 0.1) is 0 Å². The average Bonchev–Trinajstić information content (AvgIpc) is 2.92. The van der Waals surface area contributed by atoms with Crippen LogP contribution in [0.5, 0.6) is 5.75 Å². The van der Waals surface area contributed by atoms with Gasteiger partial charge in [0, 0.05) is 5.56 Å². The quantitative estimate of drug-likeness (QED) is 0.427. The highest BCUT2D eigenvalue weighted by Crippen LogP contribution is 2.36. The normalized spacial score (nSPS) is 28.3. The van der Waals surface area contributed by atoms with Crippen molar-refractivity contribution in [2.75, 3.05) is 13.7 Å². The van der Waals surface area contributed by atoms with Gasteiger partial charge in [-0.15, -0.1) is 0 Å². The van der Waals surface area contributed by atoms with Gasteiger partial charge in [-0.1, -0.05) is 72.8 Å². The summed E-state index contributed by atoms with van der Waals surface area (Å²) >= 11 is 5.71. The highest BCUT2D eigenvalue weighted by molar-refractivity contribution is 7.59. The van der Waals surface area contributed by atoms with E-state index in [0.29, 0.717) is 19.8 Å². The van der Waals surface area contributed by atoms with Crippen LogP contribution in [-0.2, 0) is 49.5 Å². The third-order valence-corrected chi connectivity index (χ3v) is 6.62. The summed E-state index contributed by atoms with van der Waals surface area (Å²) in [7, 11) is 1.65. The number of rotatable bonds is 8. The van der Waals surface area contributed by atoms with E-state index in [0.717, 1.165) is 22.4 Å². The second kappa shape index (κ2) is 11.6. The van der Waals surface area contributed by atoms with Gasteiger partial charge < -0.3 is 41.0 Å². The second-order valence-corrected chi connectivity index (χ2v) is 9.07. The van der Waals surface area contributed by atoms with Crippen molar-refractivity contribution in [3.8, 4) is 5.75 Å². The molecule has 1 unspecified atom stereocenters. The molecule has 0 aliphatic carbocycles. The molecule has 3 aromatic rings. The van der Waals surface area contributed by atoms with Crippen LogP contribution in [0.15, 0.2) is 84.9 Å². The van der Waals surface area contributed by atoms with E-state index >= 15 is 0 Å². The van der Waals surface area contributed by atoms with Crippen LogP contribution < -0.4 is 4.74 Å². The zero-order valence-corrected chi connectivity index (χ0v) is 20.3. The van der Waals surface area contributed by atoms with E-state index in [1.165, 1.54) is 0 Å². The highest BCUT2D eigenvalue weighted by Gasteiger charge is 2.47. The summed E-state index contributed by atoms with van der Waals surface area (Å²) in [4.78, 5) is 0. The Hall–Kier alpha value is -2.39. The largest absolute Gasteiger partial charge is 0.759 e. The van der Waals surface area contributed by atoms with E-state index in [1.54, 1.807) is 7.11 Å². The zero-order chi connectivity index (χ0) is 24.0. The standard InChI is InChI=1S/C28H30O6S/c1-29-22-14-12-20(13-15-22)17-31-26-25(30-16-19-8-4-2-5-9-19)24-23(33-28(26)35)18-32-27(34-24)21-10-6-3-7-11-21/h2-15,23-28,35H,16-18H2,1H3/p-1/t23-,24-,25+,26-,27?,28-/m1/s1. The fraction of sp³-hybridized carbons (Fsp3) is 0.357. The van der Waals surface area contributed by atoms with Crippen molar-refractivity contribution < 1.29 is 28.4 Å². The van der Waals surface area contributed by atoms with Gasteiger partial charge in [0.15, 0.2) is 6.29 Å². The lowest BCUT2D eigenvalue weighted by molar-refractivity contribution is -0.329. The molecule has 0 spiro atoms. The highest BCUT2D eigenvalue weighted by atomic mass is 32.1. The fourth-order valence-corrected chi connectivity index (χ4v) is 4.75. The first kappa shape index (κ1) is 24.3. The molecule has 5 rings (SSSR count). The number of methoxy groups -OCH3 is 1. The molecule has 2 heterocycles. The minimum Gasteiger partial charge on any atom is -0.759 e. The molecule has 35 heavy (non-hydrogen) atoms. The van der Waals surface area contributed by atoms with Crippen molar-refractivity contribution >= 4 is 12.6 Å². The second-order valence-electron chi connectivity index (χ2n) is 8.60. The Bertz CT molecular complexity index is 1050. The van der Waals surface area contributed by atoms with E-state index in [4.69, 9.17) is 41.0 Å². The number of hydrogen-bond acceptors (Lipinski definition) is 7. The van der Waals surface area contributed by atoms with Crippen LogP contribution in [0.1, 0.15) is 23.0 Å². The molecule has 6 nitrogen and oxygen atoms in total. The van der Waals surface area contributed by atoms with Gasteiger partial charge in [-0.3, -0.25) is 0 Å². The summed E-state index contributed by atoms with van der Waals surface area (Å²) < 4.78 is 36.6. The van der Waals surface area contributed by atoms with Crippen molar-refractivity contribution in [3.63, 3.8) is 0 Å². The number of ether oxygens (including phenoxy) is 6. The summed E-state index contributed by atoms with van der Waals surface area (Å²) in [5.41, 5.74) is 2.42. The molecule has 2 aliphatic rings. The predicted molar refractivity (Wildman–Crippen MR) is 133 cm³/mol. The fourth-order valence-electron chi connectivity index (χ4n) is 4.37. The number of fused-ring (bicyclic) bond motifs is 1. The third kappa shape index (κ3) is 5.89. The summed E-state index contributed by atoms with van der Waals surface area (Å²) in [6.07, 6.45) is -2.15. The Kier molecular flexibility index (Phi) is 8.03. The molecule has 2 saturated heterocycles. The van der Waals surface area contributed by atoms with Crippen molar-refractivity contribution in [1.82, 2.24) is 0 Å². The minimum atomic E-state index is -0.601. The van der Waals surface area contributed by atoms with Gasteiger partial charge in [0.2, 0.25) is 0 Å². The number of benzene rings is 3. The molecule has 0 saturated carbocycles. The summed E-state index contributed by atoms with van der Waals surface area (Å²) in [6.45, 7) is 1.15. The zero-order valence-electron chi connectivity index (χ0n) is 19.5. The maximum absolute atomic E-state index is 6.46. The Labute approximate surface area is 211 Å². The molecule has 0 aromatic heterocycles. The molecule has 0 bridgehead atoms. The van der Waals surface area contributed by atoms with Crippen molar-refractivity contribution in [2.24, 2.45) is 0 Å². The van der Waals surface area contributed by atoms with E-state index in [9.17, 15) is 0 Å². The Morgan fingerprint density at radius 3 is 2.09 bits per heavy atom. The summed E-state index contributed by atoms with van der Waals surface area (Å²) in [5.74, 6) is 0.797. The molecular weight excluding hydrogens is 464 g/mol. The van der Waals surface area contributed by atoms with E-state index < -0.39 is 30.0 Å². The first-order chi connectivity index (χ1) is 17.2. The molecule has 6 atom stereocenters. The Balaban J connectivity index is 1.35. The number of hydrogen-bond donors (Lipinski definition) is 0. The van der Waals surface area contributed by atoms with Crippen molar-refractivity contribution in [3.05, 3.63) is 102 Å². The molecule has 0 radical (unpaired) electrons. The smallest absolute Gasteiger partial charge is 0.184 e. The van der Waals surface area contributed by atoms with Crippen LogP contribution in [0.25, 0.3) is 0 Å². The lowest BCUT2D eigenvalue weighted by atomic mass is 9.98. The summed E-state index contributed by atoms with van der Waals surface area (Å²) in [6, 6.07) is 27.7. The molecule has 7 heteroatoms. The van der Waals surface area contributed by atoms with Gasteiger partial charge in [-0.25, -0.2) is 0 Å². The molecule has 3 aromatic carbocycles. The molecule has 0 amide bonds. The van der Waals surface area contributed by atoms with E-state index in [2.05, 4.69) is 0 Å². The topological polar surface area (TPSA) is 55.4 Å². The molecule has 0 N–H and O–H groups in total. The molecule has 2 aliphatic heterocycles. The van der Waals surface area contributed by atoms with Gasteiger partial charge in [0.05, 0.1) is 33.0 Å². The first-order valence-corrected chi connectivity index (χ1v) is 12.2. The van der Waals surface area contributed by atoms with Crippen LogP contribution in [0.4, 0.5) is 0 Å². The van der Waals surface area contributed by atoms with E-state index in [1.807, 2.05) is 84.9 Å². The molecular formula is C28H29O6S-. The van der Waals surface area contributed by atoms with Crippen molar-refractivity contribution in [1.29, 1.82) is 0 Å².